The number of aliphatic hydroxyl groups excluding tert-OH is 1. The molecule has 0 aliphatic heterocycles. The highest BCUT2D eigenvalue weighted by molar-refractivity contribution is 5.79. The molecule has 2 N–H and O–H groups in total. The Bertz CT molecular complexity index is 226. The lowest BCUT2D eigenvalue weighted by Gasteiger charge is -2.21. The molecular weight excluding hydrogens is 190 g/mol. The van der Waals surface area contributed by atoms with Crippen molar-refractivity contribution in [1.82, 2.24) is 5.32 Å². The third-order valence-corrected chi connectivity index (χ3v) is 2.96. The van der Waals surface area contributed by atoms with Gasteiger partial charge in [0.1, 0.15) is 0 Å². The molecule has 0 aromatic carbocycles. The van der Waals surface area contributed by atoms with Crippen molar-refractivity contribution in [3.8, 4) is 0 Å². The minimum Gasteiger partial charge on any atom is -0.396 e. The van der Waals surface area contributed by atoms with E-state index in [4.69, 9.17) is 5.11 Å². The van der Waals surface area contributed by atoms with Gasteiger partial charge in [-0.1, -0.05) is 19.1 Å². The van der Waals surface area contributed by atoms with Gasteiger partial charge in [0.2, 0.25) is 5.91 Å². The van der Waals surface area contributed by atoms with Gasteiger partial charge in [-0.15, -0.1) is 0 Å². The van der Waals surface area contributed by atoms with E-state index in [1.807, 2.05) is 6.92 Å². The number of hydrogen-bond acceptors (Lipinski definition) is 2. The first-order valence-corrected chi connectivity index (χ1v) is 5.84. The van der Waals surface area contributed by atoms with Crippen molar-refractivity contribution in [1.29, 1.82) is 0 Å². The Kier molecular flexibility index (Phi) is 5.40. The van der Waals surface area contributed by atoms with E-state index in [1.54, 1.807) is 0 Å². The fourth-order valence-electron chi connectivity index (χ4n) is 1.88. The van der Waals surface area contributed by atoms with E-state index in [0.717, 1.165) is 25.7 Å². The fraction of sp³-hybridized carbons (Fsp3) is 0.750. The van der Waals surface area contributed by atoms with Crippen molar-refractivity contribution in [2.24, 2.45) is 5.92 Å². The molecule has 15 heavy (non-hydrogen) atoms. The summed E-state index contributed by atoms with van der Waals surface area (Å²) >= 11 is 0. The van der Waals surface area contributed by atoms with Gasteiger partial charge in [-0.3, -0.25) is 4.79 Å². The summed E-state index contributed by atoms with van der Waals surface area (Å²) in [5.41, 5.74) is 0. The first-order chi connectivity index (χ1) is 7.27. The van der Waals surface area contributed by atoms with Crippen LogP contribution in [0.4, 0.5) is 0 Å². The molecule has 3 nitrogen and oxygen atoms in total. The Morgan fingerprint density at radius 3 is 2.93 bits per heavy atom. The van der Waals surface area contributed by atoms with E-state index in [9.17, 15) is 4.79 Å². The van der Waals surface area contributed by atoms with Crippen LogP contribution < -0.4 is 5.32 Å². The second-order valence-electron chi connectivity index (χ2n) is 4.11. The lowest BCUT2D eigenvalue weighted by molar-refractivity contribution is -0.126. The van der Waals surface area contributed by atoms with Crippen LogP contribution in [-0.2, 0) is 4.79 Å². The summed E-state index contributed by atoms with van der Waals surface area (Å²) < 4.78 is 0. The van der Waals surface area contributed by atoms with Crippen LogP contribution in [0.5, 0.6) is 0 Å². The summed E-state index contributed by atoms with van der Waals surface area (Å²) in [6, 6.07) is 0.133. The van der Waals surface area contributed by atoms with Crippen molar-refractivity contribution in [2.45, 2.75) is 45.1 Å². The highest BCUT2D eigenvalue weighted by atomic mass is 16.3. The molecule has 86 valence electrons. The van der Waals surface area contributed by atoms with E-state index >= 15 is 0 Å². The van der Waals surface area contributed by atoms with Crippen LogP contribution in [-0.4, -0.2) is 23.7 Å². The third-order valence-electron chi connectivity index (χ3n) is 2.96. The number of carbonyl (C=O) groups excluding carboxylic acids is 1. The smallest absolute Gasteiger partial charge is 0.223 e. The first kappa shape index (κ1) is 12.2. The number of nitrogens with one attached hydrogen (secondary N) is 1. The fourth-order valence-corrected chi connectivity index (χ4v) is 1.88. The molecule has 0 bridgehead atoms. The standard InChI is InChI=1S/C12H21NO2/c1-2-11(8-9-14)13-12(15)10-6-4-3-5-7-10/h3-4,10-11,14H,2,5-9H2,1H3,(H,13,15). The van der Waals surface area contributed by atoms with E-state index in [2.05, 4.69) is 17.5 Å². The average Bonchev–Trinajstić information content (AvgIpc) is 2.29. The Morgan fingerprint density at radius 1 is 1.60 bits per heavy atom. The molecule has 1 rings (SSSR count). The van der Waals surface area contributed by atoms with E-state index in [-0.39, 0.29) is 24.5 Å². The third kappa shape index (κ3) is 4.04. The van der Waals surface area contributed by atoms with Crippen LogP contribution in [0.15, 0.2) is 12.2 Å². The molecule has 0 aromatic rings. The van der Waals surface area contributed by atoms with Crippen LogP contribution >= 0.6 is 0 Å². The van der Waals surface area contributed by atoms with Crippen LogP contribution in [0, 0.1) is 5.92 Å². The van der Waals surface area contributed by atoms with Crippen LogP contribution in [0.2, 0.25) is 0 Å². The molecule has 0 saturated heterocycles. The molecule has 0 aromatic heterocycles. The van der Waals surface area contributed by atoms with Gasteiger partial charge in [0, 0.05) is 18.6 Å². The number of rotatable bonds is 5. The molecule has 0 fully saturated rings. The minimum absolute atomic E-state index is 0.133. The molecule has 1 amide bonds. The molecule has 0 saturated carbocycles. The predicted molar refractivity (Wildman–Crippen MR) is 60.4 cm³/mol. The van der Waals surface area contributed by atoms with Crippen LogP contribution in [0.25, 0.3) is 0 Å². The molecule has 2 unspecified atom stereocenters. The summed E-state index contributed by atoms with van der Waals surface area (Å²) in [6.07, 6.45) is 8.59. The average molecular weight is 211 g/mol. The highest BCUT2D eigenvalue weighted by Gasteiger charge is 2.20. The van der Waals surface area contributed by atoms with Crippen LogP contribution in [0.1, 0.15) is 39.0 Å². The van der Waals surface area contributed by atoms with Crippen molar-refractivity contribution in [2.75, 3.05) is 6.61 Å². The maximum absolute atomic E-state index is 11.8. The monoisotopic (exact) mass is 211 g/mol. The quantitative estimate of drug-likeness (QED) is 0.679. The van der Waals surface area contributed by atoms with Crippen molar-refractivity contribution in [3.05, 3.63) is 12.2 Å². The number of hydrogen-bond donors (Lipinski definition) is 2. The van der Waals surface area contributed by atoms with Crippen molar-refractivity contribution < 1.29 is 9.90 Å². The molecule has 2 atom stereocenters. The van der Waals surface area contributed by atoms with Crippen molar-refractivity contribution >= 4 is 5.91 Å². The predicted octanol–water partition coefficient (Wildman–Crippen LogP) is 1.62. The Labute approximate surface area is 91.6 Å². The van der Waals surface area contributed by atoms with Gasteiger partial charge < -0.3 is 10.4 Å². The Morgan fingerprint density at radius 2 is 2.40 bits per heavy atom. The second kappa shape index (κ2) is 6.62. The van der Waals surface area contributed by atoms with Crippen LogP contribution in [0.3, 0.4) is 0 Å². The molecule has 3 heteroatoms. The highest BCUT2D eigenvalue weighted by Crippen LogP contribution is 2.18. The zero-order valence-corrected chi connectivity index (χ0v) is 9.41. The van der Waals surface area contributed by atoms with E-state index in [1.165, 1.54) is 0 Å². The summed E-state index contributed by atoms with van der Waals surface area (Å²) in [5.74, 6) is 0.294. The maximum atomic E-state index is 11.8. The largest absolute Gasteiger partial charge is 0.396 e. The number of amides is 1. The summed E-state index contributed by atoms with van der Waals surface area (Å²) in [6.45, 7) is 2.17. The summed E-state index contributed by atoms with van der Waals surface area (Å²) in [5, 5.41) is 11.8. The lowest BCUT2D eigenvalue weighted by atomic mass is 9.93. The van der Waals surface area contributed by atoms with Crippen molar-refractivity contribution in [3.63, 3.8) is 0 Å². The van der Waals surface area contributed by atoms with Gasteiger partial charge in [0.15, 0.2) is 0 Å². The molecular formula is C12H21NO2. The Hall–Kier alpha value is -0.830. The topological polar surface area (TPSA) is 49.3 Å². The van der Waals surface area contributed by atoms with E-state index in [0.29, 0.717) is 6.42 Å². The van der Waals surface area contributed by atoms with Gasteiger partial charge in [0.25, 0.3) is 0 Å². The Balaban J connectivity index is 2.35. The first-order valence-electron chi connectivity index (χ1n) is 5.84. The second-order valence-corrected chi connectivity index (χ2v) is 4.11. The number of allylic oxidation sites excluding steroid dienone is 2. The van der Waals surface area contributed by atoms with Gasteiger partial charge in [-0.05, 0) is 32.1 Å². The summed E-state index contributed by atoms with van der Waals surface area (Å²) in [4.78, 5) is 11.8. The molecule has 0 spiro atoms. The maximum Gasteiger partial charge on any atom is 0.223 e. The van der Waals surface area contributed by atoms with Gasteiger partial charge >= 0.3 is 0 Å². The van der Waals surface area contributed by atoms with Gasteiger partial charge in [0.05, 0.1) is 0 Å². The molecule has 1 aliphatic carbocycles. The molecule has 0 radical (unpaired) electrons. The van der Waals surface area contributed by atoms with E-state index < -0.39 is 0 Å². The lowest BCUT2D eigenvalue weighted by Crippen LogP contribution is -2.39. The number of carbonyl (C=O) groups is 1. The minimum atomic E-state index is 0.133. The normalized spacial score (nSPS) is 22.4. The SMILES string of the molecule is CCC(CCO)NC(=O)C1CC=CCC1. The van der Waals surface area contributed by atoms with Gasteiger partial charge in [-0.25, -0.2) is 0 Å². The molecule has 1 aliphatic rings. The summed E-state index contributed by atoms with van der Waals surface area (Å²) in [7, 11) is 0. The zero-order chi connectivity index (χ0) is 11.1. The zero-order valence-electron chi connectivity index (χ0n) is 9.41. The van der Waals surface area contributed by atoms with Gasteiger partial charge in [-0.2, -0.15) is 0 Å². The molecule has 0 heterocycles. The number of aliphatic hydroxyl groups is 1.